The Kier molecular flexibility index (Phi) is 6.62. The van der Waals surface area contributed by atoms with Crippen LogP contribution in [0.1, 0.15) is 50.7 Å². The van der Waals surface area contributed by atoms with Gasteiger partial charge in [-0.05, 0) is 41.7 Å². The summed E-state index contributed by atoms with van der Waals surface area (Å²) in [7, 11) is 0. The highest BCUT2D eigenvalue weighted by Gasteiger charge is 2.39. The van der Waals surface area contributed by atoms with E-state index >= 15 is 0 Å². The predicted molar refractivity (Wildman–Crippen MR) is 89.9 cm³/mol. The van der Waals surface area contributed by atoms with Crippen molar-refractivity contribution in [3.05, 3.63) is 21.9 Å². The summed E-state index contributed by atoms with van der Waals surface area (Å²) in [4.78, 5) is 12.9. The minimum atomic E-state index is -0.692. The third kappa shape index (κ3) is 3.79. The summed E-state index contributed by atoms with van der Waals surface area (Å²) in [5.74, 6) is -0.0284. The molecule has 1 rings (SSSR count). The molecule has 1 heterocycles. The average Bonchev–Trinajstić information content (AvgIpc) is 2.80. The lowest BCUT2D eigenvalue weighted by molar-refractivity contribution is -0.128. The van der Waals surface area contributed by atoms with Crippen molar-refractivity contribution in [1.29, 1.82) is 0 Å². The quantitative estimate of drug-likeness (QED) is 0.722. The third-order valence-corrected chi connectivity index (χ3v) is 4.96. The normalized spacial score (nSPS) is 11.3. The molecule has 5 heteroatoms. The standard InChI is InChI=1S/C15H24N2OS2/c1-4-6-15(7-5-2,13(16)19)14(18)17-8-12-10-20-9-11(12)3/h9-10H,4-8H2,1-3H3,(H2,16,19)(H,17,18). The number of aryl methyl sites for hydroxylation is 1. The second-order valence-corrected chi connectivity index (χ2v) is 6.39. The van der Waals surface area contributed by atoms with E-state index in [4.69, 9.17) is 18.0 Å². The second-order valence-electron chi connectivity index (χ2n) is 5.21. The minimum absolute atomic E-state index is 0.0284. The Morgan fingerprint density at radius 3 is 2.35 bits per heavy atom. The van der Waals surface area contributed by atoms with E-state index in [0.29, 0.717) is 24.4 Å². The fourth-order valence-electron chi connectivity index (χ4n) is 2.48. The van der Waals surface area contributed by atoms with E-state index in [2.05, 4.69) is 36.8 Å². The van der Waals surface area contributed by atoms with Crippen LogP contribution in [0.15, 0.2) is 10.8 Å². The molecular formula is C15H24N2OS2. The smallest absolute Gasteiger partial charge is 0.233 e. The number of rotatable bonds is 8. The molecule has 0 aliphatic rings. The number of hydrogen-bond donors (Lipinski definition) is 2. The molecule has 1 aromatic rings. The number of nitrogens with two attached hydrogens (primary N) is 1. The van der Waals surface area contributed by atoms with Gasteiger partial charge < -0.3 is 11.1 Å². The van der Waals surface area contributed by atoms with Crippen molar-refractivity contribution < 1.29 is 4.79 Å². The predicted octanol–water partition coefficient (Wildman–Crippen LogP) is 3.55. The molecule has 20 heavy (non-hydrogen) atoms. The molecule has 0 spiro atoms. The van der Waals surface area contributed by atoms with Gasteiger partial charge in [-0.1, -0.05) is 38.9 Å². The highest BCUT2D eigenvalue weighted by Crippen LogP contribution is 2.31. The fraction of sp³-hybridized carbons (Fsp3) is 0.600. The summed E-state index contributed by atoms with van der Waals surface area (Å²) in [5.41, 5.74) is 7.58. The van der Waals surface area contributed by atoms with Crippen LogP contribution >= 0.6 is 23.6 Å². The van der Waals surface area contributed by atoms with Gasteiger partial charge in [0.05, 0.1) is 10.4 Å². The molecule has 0 unspecified atom stereocenters. The van der Waals surface area contributed by atoms with E-state index < -0.39 is 5.41 Å². The molecule has 0 fully saturated rings. The van der Waals surface area contributed by atoms with Gasteiger partial charge in [-0.2, -0.15) is 11.3 Å². The zero-order valence-corrected chi connectivity index (χ0v) is 14.1. The van der Waals surface area contributed by atoms with Crippen molar-refractivity contribution in [1.82, 2.24) is 5.32 Å². The summed E-state index contributed by atoms with van der Waals surface area (Å²) in [6.45, 7) is 6.71. The second kappa shape index (κ2) is 7.74. The minimum Gasteiger partial charge on any atom is -0.392 e. The van der Waals surface area contributed by atoms with Gasteiger partial charge in [0.2, 0.25) is 5.91 Å². The largest absolute Gasteiger partial charge is 0.392 e. The Labute approximate surface area is 130 Å². The lowest BCUT2D eigenvalue weighted by Crippen LogP contribution is -2.48. The number of thiocarbonyl (C=S) groups is 1. The van der Waals surface area contributed by atoms with Gasteiger partial charge in [-0.3, -0.25) is 4.79 Å². The zero-order chi connectivity index (χ0) is 15.2. The number of nitrogens with one attached hydrogen (secondary N) is 1. The molecule has 112 valence electrons. The van der Waals surface area contributed by atoms with Gasteiger partial charge in [0.1, 0.15) is 0 Å². The molecular weight excluding hydrogens is 288 g/mol. The Bertz CT molecular complexity index is 462. The van der Waals surface area contributed by atoms with E-state index in [9.17, 15) is 4.79 Å². The Morgan fingerprint density at radius 1 is 1.35 bits per heavy atom. The topological polar surface area (TPSA) is 55.1 Å². The maximum absolute atomic E-state index is 12.6. The van der Waals surface area contributed by atoms with Crippen LogP contribution in [0.4, 0.5) is 0 Å². The Balaban J connectivity index is 2.82. The first-order valence-electron chi connectivity index (χ1n) is 7.07. The molecule has 0 atom stereocenters. The van der Waals surface area contributed by atoms with Gasteiger partial charge in [0.15, 0.2) is 0 Å². The van der Waals surface area contributed by atoms with Crippen molar-refractivity contribution in [2.45, 2.75) is 53.0 Å². The van der Waals surface area contributed by atoms with Crippen LogP contribution in [0.5, 0.6) is 0 Å². The van der Waals surface area contributed by atoms with Gasteiger partial charge >= 0.3 is 0 Å². The molecule has 0 aromatic carbocycles. The molecule has 0 saturated heterocycles. The number of carbonyl (C=O) groups excluding carboxylic acids is 1. The lowest BCUT2D eigenvalue weighted by Gasteiger charge is -2.31. The lowest BCUT2D eigenvalue weighted by atomic mass is 9.78. The number of thiophene rings is 1. The summed E-state index contributed by atoms with van der Waals surface area (Å²) in [5, 5.41) is 7.17. The first-order chi connectivity index (χ1) is 9.47. The van der Waals surface area contributed by atoms with Crippen LogP contribution in [0.3, 0.4) is 0 Å². The Morgan fingerprint density at radius 2 is 1.95 bits per heavy atom. The molecule has 3 nitrogen and oxygen atoms in total. The maximum atomic E-state index is 12.6. The number of amides is 1. The number of carbonyl (C=O) groups is 1. The van der Waals surface area contributed by atoms with Crippen LogP contribution in [0, 0.1) is 12.3 Å². The first kappa shape index (κ1) is 17.1. The van der Waals surface area contributed by atoms with E-state index in [1.165, 1.54) is 5.56 Å². The first-order valence-corrected chi connectivity index (χ1v) is 8.43. The van der Waals surface area contributed by atoms with Crippen LogP contribution in [-0.4, -0.2) is 10.9 Å². The highest BCUT2D eigenvalue weighted by molar-refractivity contribution is 7.80. The summed E-state index contributed by atoms with van der Waals surface area (Å²) in [6.07, 6.45) is 3.21. The zero-order valence-electron chi connectivity index (χ0n) is 12.5. The third-order valence-electron chi connectivity index (χ3n) is 3.66. The maximum Gasteiger partial charge on any atom is 0.233 e. The van der Waals surface area contributed by atoms with Crippen LogP contribution in [0.25, 0.3) is 0 Å². The number of hydrogen-bond acceptors (Lipinski definition) is 3. The highest BCUT2D eigenvalue weighted by atomic mass is 32.1. The molecule has 0 aliphatic heterocycles. The van der Waals surface area contributed by atoms with Crippen LogP contribution < -0.4 is 11.1 Å². The molecule has 0 saturated carbocycles. The fourth-order valence-corrected chi connectivity index (χ4v) is 3.63. The monoisotopic (exact) mass is 312 g/mol. The average molecular weight is 313 g/mol. The van der Waals surface area contributed by atoms with Crippen molar-refractivity contribution in [2.24, 2.45) is 11.1 Å². The van der Waals surface area contributed by atoms with Crippen molar-refractivity contribution in [2.75, 3.05) is 0 Å². The summed E-state index contributed by atoms with van der Waals surface area (Å²) >= 11 is 6.85. The van der Waals surface area contributed by atoms with Gasteiger partial charge in [0.25, 0.3) is 0 Å². The van der Waals surface area contributed by atoms with E-state index in [-0.39, 0.29) is 5.91 Å². The van der Waals surface area contributed by atoms with Gasteiger partial charge in [0, 0.05) is 6.54 Å². The summed E-state index contributed by atoms with van der Waals surface area (Å²) in [6, 6.07) is 0. The van der Waals surface area contributed by atoms with Crippen molar-refractivity contribution in [3.63, 3.8) is 0 Å². The van der Waals surface area contributed by atoms with E-state index in [0.717, 1.165) is 18.4 Å². The molecule has 0 bridgehead atoms. The molecule has 1 aromatic heterocycles. The molecule has 0 radical (unpaired) electrons. The van der Waals surface area contributed by atoms with Gasteiger partial charge in [-0.15, -0.1) is 0 Å². The van der Waals surface area contributed by atoms with E-state index in [1.807, 2.05) is 0 Å². The van der Waals surface area contributed by atoms with Crippen molar-refractivity contribution in [3.8, 4) is 0 Å². The Hall–Kier alpha value is -0.940. The molecule has 3 N–H and O–H groups in total. The van der Waals surface area contributed by atoms with E-state index in [1.54, 1.807) is 11.3 Å². The van der Waals surface area contributed by atoms with Gasteiger partial charge in [-0.25, -0.2) is 0 Å². The molecule has 1 amide bonds. The molecule has 0 aliphatic carbocycles. The van der Waals surface area contributed by atoms with Crippen LogP contribution in [0.2, 0.25) is 0 Å². The van der Waals surface area contributed by atoms with Crippen LogP contribution in [-0.2, 0) is 11.3 Å². The SMILES string of the molecule is CCCC(CCC)(C(=O)NCc1cscc1C)C(N)=S. The summed E-state index contributed by atoms with van der Waals surface area (Å²) < 4.78 is 0. The van der Waals surface area contributed by atoms with Crippen molar-refractivity contribution >= 4 is 34.5 Å².